The summed E-state index contributed by atoms with van der Waals surface area (Å²) in [5.74, 6) is 0.0411. The smallest absolute Gasteiger partial charge is 0.217 e. The average Bonchev–Trinajstić information content (AvgIpc) is 1.93. The first-order chi connectivity index (χ1) is 5.24. The molecule has 1 saturated carbocycles. The SMILES string of the molecule is CCO[C@@H]1CC[C@H]1NC(C)=O. The van der Waals surface area contributed by atoms with Gasteiger partial charge in [-0.2, -0.15) is 0 Å². The van der Waals surface area contributed by atoms with E-state index in [4.69, 9.17) is 4.74 Å². The minimum Gasteiger partial charge on any atom is -0.376 e. The monoisotopic (exact) mass is 157 g/mol. The van der Waals surface area contributed by atoms with Crippen LogP contribution in [0.4, 0.5) is 0 Å². The van der Waals surface area contributed by atoms with E-state index in [-0.39, 0.29) is 18.1 Å². The maximum absolute atomic E-state index is 10.6. The Morgan fingerprint density at radius 3 is 2.73 bits per heavy atom. The maximum atomic E-state index is 10.6. The molecule has 1 rings (SSSR count). The zero-order chi connectivity index (χ0) is 8.27. The van der Waals surface area contributed by atoms with Crippen LogP contribution >= 0.6 is 0 Å². The molecule has 0 aliphatic heterocycles. The van der Waals surface area contributed by atoms with Crippen LogP contribution in [0.2, 0.25) is 0 Å². The molecule has 1 fully saturated rings. The second kappa shape index (κ2) is 3.72. The van der Waals surface area contributed by atoms with Gasteiger partial charge in [0, 0.05) is 13.5 Å². The van der Waals surface area contributed by atoms with E-state index in [1.54, 1.807) is 6.92 Å². The average molecular weight is 157 g/mol. The van der Waals surface area contributed by atoms with Crippen molar-refractivity contribution in [3.05, 3.63) is 0 Å². The Balaban J connectivity index is 2.20. The lowest BCUT2D eigenvalue weighted by molar-refractivity contribution is -0.122. The van der Waals surface area contributed by atoms with Gasteiger partial charge in [-0.05, 0) is 19.8 Å². The van der Waals surface area contributed by atoms with E-state index in [0.29, 0.717) is 0 Å². The lowest BCUT2D eigenvalue weighted by Crippen LogP contribution is -2.50. The summed E-state index contributed by atoms with van der Waals surface area (Å²) >= 11 is 0. The third-order valence-corrected chi connectivity index (χ3v) is 1.98. The standard InChI is InChI=1S/C8H15NO2/c1-3-11-8-5-4-7(8)9-6(2)10/h7-8H,3-5H2,1-2H3,(H,9,10)/t7-,8-/m1/s1. The van der Waals surface area contributed by atoms with Gasteiger partial charge in [-0.25, -0.2) is 0 Å². The largest absolute Gasteiger partial charge is 0.376 e. The molecule has 0 bridgehead atoms. The summed E-state index contributed by atoms with van der Waals surface area (Å²) in [6.07, 6.45) is 2.41. The molecule has 3 nitrogen and oxygen atoms in total. The molecule has 64 valence electrons. The quantitative estimate of drug-likeness (QED) is 0.654. The van der Waals surface area contributed by atoms with Gasteiger partial charge in [0.05, 0.1) is 12.1 Å². The Kier molecular flexibility index (Phi) is 2.88. The molecular weight excluding hydrogens is 142 g/mol. The van der Waals surface area contributed by atoms with Gasteiger partial charge < -0.3 is 10.1 Å². The summed E-state index contributed by atoms with van der Waals surface area (Å²) < 4.78 is 5.38. The van der Waals surface area contributed by atoms with Gasteiger partial charge in [-0.15, -0.1) is 0 Å². The van der Waals surface area contributed by atoms with E-state index < -0.39 is 0 Å². The van der Waals surface area contributed by atoms with Crippen molar-refractivity contribution in [3.63, 3.8) is 0 Å². The molecule has 1 aliphatic carbocycles. The van der Waals surface area contributed by atoms with Crippen LogP contribution in [-0.2, 0) is 9.53 Å². The van der Waals surface area contributed by atoms with E-state index in [1.807, 2.05) is 6.92 Å². The highest BCUT2D eigenvalue weighted by atomic mass is 16.5. The zero-order valence-corrected chi connectivity index (χ0v) is 7.09. The van der Waals surface area contributed by atoms with Gasteiger partial charge >= 0.3 is 0 Å². The first-order valence-electron chi connectivity index (χ1n) is 4.12. The molecule has 2 atom stereocenters. The Labute approximate surface area is 67.1 Å². The second-order valence-corrected chi connectivity index (χ2v) is 2.88. The molecule has 0 aromatic rings. The van der Waals surface area contributed by atoms with Crippen molar-refractivity contribution in [3.8, 4) is 0 Å². The minimum atomic E-state index is 0.0411. The molecule has 0 saturated heterocycles. The lowest BCUT2D eigenvalue weighted by atomic mass is 9.89. The van der Waals surface area contributed by atoms with Gasteiger partial charge in [0.2, 0.25) is 5.91 Å². The van der Waals surface area contributed by atoms with Crippen LogP contribution in [0.15, 0.2) is 0 Å². The molecule has 0 unspecified atom stereocenters. The van der Waals surface area contributed by atoms with Crippen molar-refractivity contribution >= 4 is 5.91 Å². The molecule has 0 heterocycles. The number of carbonyl (C=O) groups is 1. The molecule has 0 aromatic heterocycles. The van der Waals surface area contributed by atoms with Gasteiger partial charge in [0.1, 0.15) is 0 Å². The van der Waals surface area contributed by atoms with Crippen molar-refractivity contribution in [2.45, 2.75) is 38.8 Å². The molecule has 3 heteroatoms. The predicted molar refractivity (Wildman–Crippen MR) is 42.3 cm³/mol. The number of amides is 1. The number of hydrogen-bond donors (Lipinski definition) is 1. The summed E-state index contributed by atoms with van der Waals surface area (Å²) in [7, 11) is 0. The topological polar surface area (TPSA) is 38.3 Å². The van der Waals surface area contributed by atoms with Crippen LogP contribution < -0.4 is 5.32 Å². The molecule has 1 amide bonds. The summed E-state index contributed by atoms with van der Waals surface area (Å²) in [5.41, 5.74) is 0. The number of ether oxygens (including phenoxy) is 1. The predicted octanol–water partition coefficient (Wildman–Crippen LogP) is 0.690. The number of hydrogen-bond acceptors (Lipinski definition) is 2. The van der Waals surface area contributed by atoms with Crippen molar-refractivity contribution in [2.75, 3.05) is 6.61 Å². The Morgan fingerprint density at radius 1 is 1.64 bits per heavy atom. The maximum Gasteiger partial charge on any atom is 0.217 e. The van der Waals surface area contributed by atoms with Gasteiger partial charge in [-0.3, -0.25) is 4.79 Å². The van der Waals surface area contributed by atoms with E-state index in [1.165, 1.54) is 0 Å². The van der Waals surface area contributed by atoms with Crippen molar-refractivity contribution in [1.29, 1.82) is 0 Å². The van der Waals surface area contributed by atoms with Crippen LogP contribution in [0.1, 0.15) is 26.7 Å². The van der Waals surface area contributed by atoms with Crippen molar-refractivity contribution in [2.24, 2.45) is 0 Å². The molecule has 1 aliphatic rings. The van der Waals surface area contributed by atoms with Crippen LogP contribution in [0.25, 0.3) is 0 Å². The molecule has 1 N–H and O–H groups in total. The summed E-state index contributed by atoms with van der Waals surface area (Å²) in [5, 5.41) is 2.85. The highest BCUT2D eigenvalue weighted by Gasteiger charge is 2.31. The molecule has 0 radical (unpaired) electrons. The Bertz CT molecular complexity index is 147. The van der Waals surface area contributed by atoms with Crippen molar-refractivity contribution < 1.29 is 9.53 Å². The number of nitrogens with one attached hydrogen (secondary N) is 1. The van der Waals surface area contributed by atoms with E-state index in [0.717, 1.165) is 19.4 Å². The summed E-state index contributed by atoms with van der Waals surface area (Å²) in [6.45, 7) is 4.26. The fourth-order valence-electron chi connectivity index (χ4n) is 1.31. The summed E-state index contributed by atoms with van der Waals surface area (Å²) in [6, 6.07) is 0.271. The van der Waals surface area contributed by atoms with Crippen molar-refractivity contribution in [1.82, 2.24) is 5.32 Å². The van der Waals surface area contributed by atoms with Crippen LogP contribution in [0.5, 0.6) is 0 Å². The van der Waals surface area contributed by atoms with Gasteiger partial charge in [-0.1, -0.05) is 0 Å². The van der Waals surface area contributed by atoms with E-state index in [9.17, 15) is 4.79 Å². The first kappa shape index (κ1) is 8.53. The molecule has 0 aromatic carbocycles. The third kappa shape index (κ3) is 2.19. The Morgan fingerprint density at radius 2 is 2.36 bits per heavy atom. The summed E-state index contributed by atoms with van der Waals surface area (Å²) in [4.78, 5) is 10.6. The van der Waals surface area contributed by atoms with E-state index >= 15 is 0 Å². The van der Waals surface area contributed by atoms with Crippen LogP contribution in [-0.4, -0.2) is 24.7 Å². The normalized spacial score (nSPS) is 29.3. The minimum absolute atomic E-state index is 0.0411. The van der Waals surface area contributed by atoms with Crippen LogP contribution in [0.3, 0.4) is 0 Å². The fourth-order valence-corrected chi connectivity index (χ4v) is 1.31. The zero-order valence-electron chi connectivity index (χ0n) is 7.09. The molecular formula is C8H15NO2. The van der Waals surface area contributed by atoms with Crippen LogP contribution in [0, 0.1) is 0 Å². The Hall–Kier alpha value is -0.570. The first-order valence-corrected chi connectivity index (χ1v) is 4.12. The third-order valence-electron chi connectivity index (χ3n) is 1.98. The van der Waals surface area contributed by atoms with E-state index in [2.05, 4.69) is 5.32 Å². The van der Waals surface area contributed by atoms with Gasteiger partial charge in [0.15, 0.2) is 0 Å². The highest BCUT2D eigenvalue weighted by Crippen LogP contribution is 2.22. The number of rotatable bonds is 3. The highest BCUT2D eigenvalue weighted by molar-refractivity contribution is 5.73. The molecule has 11 heavy (non-hydrogen) atoms. The lowest BCUT2D eigenvalue weighted by Gasteiger charge is -2.36. The fraction of sp³-hybridized carbons (Fsp3) is 0.875. The van der Waals surface area contributed by atoms with Gasteiger partial charge in [0.25, 0.3) is 0 Å². The molecule has 0 spiro atoms. The second-order valence-electron chi connectivity index (χ2n) is 2.88. The number of carbonyl (C=O) groups excluding carboxylic acids is 1.